The maximum absolute atomic E-state index is 14.5. The van der Waals surface area contributed by atoms with Crippen LogP contribution in [0, 0.1) is 5.92 Å². The van der Waals surface area contributed by atoms with Crippen LogP contribution in [0.25, 0.3) is 28.2 Å². The van der Waals surface area contributed by atoms with Gasteiger partial charge in [0.05, 0.1) is 32.6 Å². The number of nitrogens with two attached hydrogens (primary N) is 1. The fourth-order valence-corrected chi connectivity index (χ4v) is 7.55. The van der Waals surface area contributed by atoms with Crippen LogP contribution in [-0.4, -0.2) is 78.6 Å². The Bertz CT molecular complexity index is 1660. The molecule has 0 unspecified atom stereocenters. The molecule has 2 N–H and O–H groups in total. The number of hydrogen-bond donors (Lipinski definition) is 1. The summed E-state index contributed by atoms with van der Waals surface area (Å²) in [5, 5.41) is 1.09. The number of amides is 3. The molecule has 2 fully saturated rings. The van der Waals surface area contributed by atoms with E-state index in [1.54, 1.807) is 24.0 Å². The van der Waals surface area contributed by atoms with Crippen LogP contribution in [0.2, 0.25) is 0 Å². The van der Waals surface area contributed by atoms with Crippen molar-refractivity contribution in [3.63, 3.8) is 0 Å². The minimum absolute atomic E-state index is 0.0572. The number of likely N-dealkylation sites (N-methyl/N-ethyl adjacent to an activating group) is 1. The molecule has 45 heavy (non-hydrogen) atoms. The largest absolute Gasteiger partial charge is 0.497 e. The summed E-state index contributed by atoms with van der Waals surface area (Å²) in [6, 6.07) is 11.1. The van der Waals surface area contributed by atoms with Gasteiger partial charge in [0, 0.05) is 47.7 Å². The lowest BCUT2D eigenvalue weighted by Gasteiger charge is -2.36. The zero-order valence-corrected chi connectivity index (χ0v) is 26.8. The van der Waals surface area contributed by atoms with E-state index in [9.17, 15) is 14.4 Å². The van der Waals surface area contributed by atoms with Crippen LogP contribution < -0.4 is 10.5 Å². The van der Waals surface area contributed by atoms with Gasteiger partial charge < -0.3 is 29.6 Å². The normalized spacial score (nSPS) is 17.7. The summed E-state index contributed by atoms with van der Waals surface area (Å²) in [6.07, 6.45) is 7.72. The number of carbonyl (C=O) groups is 3. The topological polar surface area (TPSA) is 107 Å². The molecule has 238 valence electrons. The van der Waals surface area contributed by atoms with Crippen molar-refractivity contribution in [3.05, 3.63) is 58.7 Å². The van der Waals surface area contributed by atoms with Crippen LogP contribution in [-0.2, 0) is 20.9 Å². The summed E-state index contributed by atoms with van der Waals surface area (Å²) < 4.78 is 13.3. The first-order chi connectivity index (χ1) is 21.7. The molecule has 1 saturated heterocycles. The van der Waals surface area contributed by atoms with Crippen molar-refractivity contribution in [2.24, 2.45) is 11.7 Å². The number of primary amides is 1. The van der Waals surface area contributed by atoms with Gasteiger partial charge >= 0.3 is 0 Å². The first kappa shape index (κ1) is 30.9. The Hall–Kier alpha value is -4.11. The van der Waals surface area contributed by atoms with Crippen LogP contribution in [0.1, 0.15) is 73.4 Å². The summed E-state index contributed by atoms with van der Waals surface area (Å²) in [5.74, 6) is 0.225. The Balaban J connectivity index is 1.51. The molecule has 0 bridgehead atoms. The Morgan fingerprint density at radius 3 is 2.42 bits per heavy atom. The molecule has 6 rings (SSSR count). The highest BCUT2D eigenvalue weighted by molar-refractivity contribution is 6.05. The van der Waals surface area contributed by atoms with Crippen molar-refractivity contribution in [1.82, 2.24) is 14.4 Å². The van der Waals surface area contributed by atoms with Gasteiger partial charge in [0.1, 0.15) is 11.8 Å². The van der Waals surface area contributed by atoms with Crippen LogP contribution in [0.4, 0.5) is 0 Å². The van der Waals surface area contributed by atoms with Crippen molar-refractivity contribution >= 4 is 34.7 Å². The van der Waals surface area contributed by atoms with Crippen molar-refractivity contribution < 1.29 is 23.9 Å². The highest BCUT2D eigenvalue weighted by Crippen LogP contribution is 2.47. The average Bonchev–Trinajstić information content (AvgIpc) is 3.27. The van der Waals surface area contributed by atoms with Gasteiger partial charge in [-0.05, 0) is 72.2 Å². The second-order valence-electron chi connectivity index (χ2n) is 12.9. The molecular formula is C36H44N4O5. The summed E-state index contributed by atoms with van der Waals surface area (Å²) >= 11 is 0. The lowest BCUT2D eigenvalue weighted by atomic mass is 9.81. The number of carbonyl (C=O) groups excluding carboxylic acids is 3. The molecule has 2 aromatic carbocycles. The maximum atomic E-state index is 14.5. The molecule has 1 atom stereocenters. The van der Waals surface area contributed by atoms with E-state index < -0.39 is 11.9 Å². The van der Waals surface area contributed by atoms with E-state index in [4.69, 9.17) is 15.2 Å². The van der Waals surface area contributed by atoms with Crippen molar-refractivity contribution in [2.45, 2.75) is 64.5 Å². The fraction of sp³-hybridized carbons (Fsp3) is 0.472. The molecule has 3 heterocycles. The lowest BCUT2D eigenvalue weighted by Crippen LogP contribution is -2.54. The first-order valence-corrected chi connectivity index (χ1v) is 16.2. The molecular weight excluding hydrogens is 568 g/mol. The summed E-state index contributed by atoms with van der Waals surface area (Å²) in [5.41, 5.74) is 11.9. The zero-order valence-electron chi connectivity index (χ0n) is 26.8. The predicted octanol–water partition coefficient (Wildman–Crippen LogP) is 5.20. The number of morpholine rings is 1. The van der Waals surface area contributed by atoms with Gasteiger partial charge in [-0.3, -0.25) is 14.4 Å². The molecule has 1 aromatic heterocycles. The molecule has 0 radical (unpaired) electrons. The van der Waals surface area contributed by atoms with Gasteiger partial charge in [0.25, 0.3) is 5.91 Å². The smallest absolute Gasteiger partial charge is 0.252 e. The van der Waals surface area contributed by atoms with E-state index in [0.29, 0.717) is 49.1 Å². The Kier molecular flexibility index (Phi) is 8.73. The number of hydrogen-bond acceptors (Lipinski definition) is 5. The number of nitrogens with zero attached hydrogens (tertiary/aromatic N) is 3. The summed E-state index contributed by atoms with van der Waals surface area (Å²) in [7, 11) is 3.37. The SMILES string of the molecule is COc1ccc2c(c1)C=C(C(=O)N(C)[C@H](C(=O)N1CCOCC1)C(C)C)Cn1c-2c(C2CCCCC2)c2ccc(C(N)=O)cc21. The van der Waals surface area contributed by atoms with Crippen molar-refractivity contribution in [1.29, 1.82) is 0 Å². The van der Waals surface area contributed by atoms with Crippen LogP contribution in [0.3, 0.4) is 0 Å². The Labute approximate surface area is 264 Å². The molecule has 3 amide bonds. The number of aromatic nitrogens is 1. The van der Waals surface area contributed by atoms with E-state index >= 15 is 0 Å². The quantitative estimate of drug-likeness (QED) is 0.395. The first-order valence-electron chi connectivity index (χ1n) is 16.2. The minimum atomic E-state index is -0.621. The lowest BCUT2D eigenvalue weighted by molar-refractivity contribution is -0.147. The average molecular weight is 613 g/mol. The molecule has 1 aliphatic carbocycles. The van der Waals surface area contributed by atoms with Gasteiger partial charge in [-0.2, -0.15) is 0 Å². The third kappa shape index (κ3) is 5.74. The van der Waals surface area contributed by atoms with Gasteiger partial charge in [0.2, 0.25) is 11.8 Å². The van der Waals surface area contributed by atoms with Gasteiger partial charge in [-0.25, -0.2) is 0 Å². The molecule has 1 saturated carbocycles. The molecule has 9 heteroatoms. The monoisotopic (exact) mass is 612 g/mol. The zero-order chi connectivity index (χ0) is 31.8. The molecule has 9 nitrogen and oxygen atoms in total. The summed E-state index contributed by atoms with van der Waals surface area (Å²) in [4.78, 5) is 44.0. The third-order valence-electron chi connectivity index (χ3n) is 9.79. The maximum Gasteiger partial charge on any atom is 0.252 e. The standard InChI is InChI=1S/C36H44N4O5/c1-22(2)32(36(43)39-14-16-45-17-15-39)38(3)35(42)26-18-25-19-27(44-4)11-13-28(25)33-31(23-8-6-5-7-9-23)29-12-10-24(34(37)41)20-30(29)40(33)21-26/h10-13,18-20,22-23,32H,5-9,14-17,21H2,1-4H3,(H2,37,41)/t32-/m0/s1. The van der Waals surface area contributed by atoms with Crippen LogP contribution in [0.5, 0.6) is 5.75 Å². The van der Waals surface area contributed by atoms with Crippen molar-refractivity contribution in [2.75, 3.05) is 40.5 Å². The fourth-order valence-electron chi connectivity index (χ4n) is 7.55. The second-order valence-corrected chi connectivity index (χ2v) is 12.9. The van der Waals surface area contributed by atoms with Gasteiger partial charge in [-0.15, -0.1) is 0 Å². The molecule has 2 aliphatic heterocycles. The number of ether oxygens (including phenoxy) is 2. The van der Waals surface area contributed by atoms with Gasteiger partial charge in [0.15, 0.2) is 0 Å². The van der Waals surface area contributed by atoms with Crippen LogP contribution in [0.15, 0.2) is 42.0 Å². The van der Waals surface area contributed by atoms with Crippen LogP contribution >= 0.6 is 0 Å². The highest BCUT2D eigenvalue weighted by atomic mass is 16.5. The third-order valence-corrected chi connectivity index (χ3v) is 9.79. The molecule has 3 aliphatic rings. The second kappa shape index (κ2) is 12.7. The predicted molar refractivity (Wildman–Crippen MR) is 175 cm³/mol. The van der Waals surface area contributed by atoms with E-state index in [1.165, 1.54) is 24.8 Å². The summed E-state index contributed by atoms with van der Waals surface area (Å²) in [6.45, 7) is 6.28. The van der Waals surface area contributed by atoms with E-state index in [0.717, 1.165) is 40.6 Å². The number of methoxy groups -OCH3 is 1. The molecule has 0 spiro atoms. The van der Waals surface area contributed by atoms with Crippen molar-refractivity contribution in [3.8, 4) is 17.0 Å². The van der Waals surface area contributed by atoms with E-state index in [-0.39, 0.29) is 24.3 Å². The Morgan fingerprint density at radius 1 is 1.02 bits per heavy atom. The number of rotatable bonds is 7. The van der Waals surface area contributed by atoms with Gasteiger partial charge in [-0.1, -0.05) is 39.2 Å². The van der Waals surface area contributed by atoms with E-state index in [1.807, 2.05) is 50.3 Å². The molecule has 3 aromatic rings. The number of fused-ring (bicyclic) bond motifs is 5. The number of benzene rings is 2. The minimum Gasteiger partial charge on any atom is -0.497 e. The van der Waals surface area contributed by atoms with E-state index in [2.05, 4.69) is 10.6 Å². The Morgan fingerprint density at radius 2 is 1.76 bits per heavy atom. The highest BCUT2D eigenvalue weighted by Gasteiger charge is 2.36.